The van der Waals surface area contributed by atoms with Gasteiger partial charge in [-0.3, -0.25) is 0 Å². The molecule has 4 nitrogen and oxygen atoms in total. The van der Waals surface area contributed by atoms with Crippen molar-refractivity contribution in [2.24, 2.45) is 0 Å². The Morgan fingerprint density at radius 1 is 1.28 bits per heavy atom. The molecule has 0 amide bonds. The van der Waals surface area contributed by atoms with Crippen molar-refractivity contribution in [1.82, 2.24) is 9.97 Å². The third kappa shape index (κ3) is 3.06. The van der Waals surface area contributed by atoms with Crippen molar-refractivity contribution >= 4 is 39.9 Å². The minimum atomic E-state index is -0.249. The summed E-state index contributed by atoms with van der Waals surface area (Å²) in [4.78, 5) is 8.17. The molecule has 1 aromatic heterocycles. The molecule has 0 aliphatic carbocycles. The molecule has 2 N–H and O–H groups in total. The van der Waals surface area contributed by atoms with Crippen LogP contribution in [-0.2, 0) is 0 Å². The molecule has 0 spiro atoms. The first-order chi connectivity index (χ1) is 8.70. The fourth-order valence-electron chi connectivity index (χ4n) is 1.44. The van der Waals surface area contributed by atoms with Gasteiger partial charge in [0, 0.05) is 12.6 Å². The van der Waals surface area contributed by atoms with E-state index in [0.717, 1.165) is 12.4 Å². The van der Waals surface area contributed by atoms with Crippen LogP contribution in [0.15, 0.2) is 30.6 Å². The van der Waals surface area contributed by atoms with Gasteiger partial charge in [-0.15, -0.1) is 0 Å². The second-order valence-electron chi connectivity index (χ2n) is 3.55. The minimum absolute atomic E-state index is 0.249. The molecule has 1 aromatic carbocycles. The molecule has 0 aliphatic heterocycles. The summed E-state index contributed by atoms with van der Waals surface area (Å²) in [5.74, 6) is 1.12. The Balaban J connectivity index is 2.23. The van der Waals surface area contributed by atoms with E-state index in [0.29, 0.717) is 15.1 Å². The lowest BCUT2D eigenvalue weighted by Gasteiger charge is -2.09. The maximum absolute atomic E-state index is 13.4. The van der Waals surface area contributed by atoms with Crippen LogP contribution in [-0.4, -0.2) is 16.5 Å². The lowest BCUT2D eigenvalue weighted by molar-refractivity contribution is 0.621. The van der Waals surface area contributed by atoms with Crippen LogP contribution in [0.5, 0.6) is 0 Å². The van der Waals surface area contributed by atoms with Crippen molar-refractivity contribution in [3.05, 3.63) is 40.0 Å². The fraction of sp³-hybridized carbons (Fsp3) is 0.167. The van der Waals surface area contributed by atoms with Crippen LogP contribution in [0.1, 0.15) is 6.92 Å². The van der Waals surface area contributed by atoms with Crippen LogP contribution >= 0.6 is 22.6 Å². The number of aromatic nitrogens is 2. The zero-order chi connectivity index (χ0) is 13.0. The number of anilines is 3. The molecule has 0 radical (unpaired) electrons. The van der Waals surface area contributed by atoms with E-state index < -0.39 is 0 Å². The molecule has 0 aliphatic rings. The van der Waals surface area contributed by atoms with Gasteiger partial charge in [0.05, 0.1) is 9.26 Å². The van der Waals surface area contributed by atoms with Gasteiger partial charge in [0.1, 0.15) is 23.8 Å². The van der Waals surface area contributed by atoms with Crippen LogP contribution < -0.4 is 10.6 Å². The number of hydrogen-bond donors (Lipinski definition) is 2. The average Bonchev–Trinajstić information content (AvgIpc) is 2.36. The molecule has 0 saturated carbocycles. The van der Waals surface area contributed by atoms with Gasteiger partial charge in [-0.1, -0.05) is 6.07 Å². The Labute approximate surface area is 118 Å². The Hall–Kier alpha value is -1.44. The third-order valence-electron chi connectivity index (χ3n) is 2.24. The van der Waals surface area contributed by atoms with E-state index in [1.807, 2.05) is 29.5 Å². The summed E-state index contributed by atoms with van der Waals surface area (Å²) < 4.78 is 13.9. The summed E-state index contributed by atoms with van der Waals surface area (Å²) in [5.41, 5.74) is 0.691. The van der Waals surface area contributed by atoms with E-state index >= 15 is 0 Å². The Morgan fingerprint density at radius 3 is 2.83 bits per heavy atom. The van der Waals surface area contributed by atoms with Gasteiger partial charge in [0.15, 0.2) is 0 Å². The maximum atomic E-state index is 13.4. The molecule has 0 unspecified atom stereocenters. The molecule has 0 atom stereocenters. The maximum Gasteiger partial charge on any atom is 0.138 e. The van der Waals surface area contributed by atoms with Crippen LogP contribution in [0.25, 0.3) is 0 Å². The van der Waals surface area contributed by atoms with Gasteiger partial charge in [-0.25, -0.2) is 14.4 Å². The highest BCUT2D eigenvalue weighted by molar-refractivity contribution is 14.1. The largest absolute Gasteiger partial charge is 0.370 e. The van der Waals surface area contributed by atoms with Crippen LogP contribution in [0.2, 0.25) is 0 Å². The lowest BCUT2D eigenvalue weighted by atomic mass is 10.3. The fourth-order valence-corrected chi connectivity index (χ4v) is 1.94. The molecule has 1 heterocycles. The second kappa shape index (κ2) is 5.94. The van der Waals surface area contributed by atoms with E-state index in [4.69, 9.17) is 0 Å². The van der Waals surface area contributed by atoms with Crippen molar-refractivity contribution in [2.75, 3.05) is 17.2 Å². The Bertz CT molecular complexity index is 547. The minimum Gasteiger partial charge on any atom is -0.370 e. The molecule has 18 heavy (non-hydrogen) atoms. The number of rotatable bonds is 4. The summed E-state index contributed by atoms with van der Waals surface area (Å²) in [5, 5.41) is 6.17. The van der Waals surface area contributed by atoms with Crippen LogP contribution in [0, 0.1) is 9.39 Å². The molecule has 0 bridgehead atoms. The lowest BCUT2D eigenvalue weighted by Crippen LogP contribution is -2.02. The predicted molar refractivity (Wildman–Crippen MR) is 78.6 cm³/mol. The van der Waals surface area contributed by atoms with Crippen molar-refractivity contribution < 1.29 is 4.39 Å². The highest BCUT2D eigenvalue weighted by Gasteiger charge is 2.06. The molecule has 94 valence electrons. The van der Waals surface area contributed by atoms with Crippen molar-refractivity contribution in [1.29, 1.82) is 0 Å². The SMILES string of the molecule is CCNc1cc(Nc2cccc(F)c2I)ncn1. The van der Waals surface area contributed by atoms with Gasteiger partial charge in [0.2, 0.25) is 0 Å². The Morgan fingerprint density at radius 2 is 2.06 bits per heavy atom. The molecule has 0 fully saturated rings. The summed E-state index contributed by atoms with van der Waals surface area (Å²) in [7, 11) is 0. The van der Waals surface area contributed by atoms with Crippen molar-refractivity contribution in [3.63, 3.8) is 0 Å². The first kappa shape index (κ1) is 13.0. The van der Waals surface area contributed by atoms with Crippen LogP contribution in [0.4, 0.5) is 21.7 Å². The number of nitrogens with one attached hydrogen (secondary N) is 2. The summed E-state index contributed by atoms with van der Waals surface area (Å²) in [6.07, 6.45) is 1.46. The topological polar surface area (TPSA) is 49.8 Å². The molecule has 6 heteroatoms. The van der Waals surface area contributed by atoms with Gasteiger partial charge in [-0.05, 0) is 41.6 Å². The van der Waals surface area contributed by atoms with Gasteiger partial charge in [0.25, 0.3) is 0 Å². The molecule has 2 rings (SSSR count). The number of nitrogens with zero attached hydrogens (tertiary/aromatic N) is 2. The van der Waals surface area contributed by atoms with Gasteiger partial charge >= 0.3 is 0 Å². The quantitative estimate of drug-likeness (QED) is 0.823. The standard InChI is InChI=1S/C12H12FIN4/c1-2-15-10-6-11(17-7-16-10)18-9-5-3-4-8(13)12(9)14/h3-7H,2H2,1H3,(H2,15,16,17,18). The zero-order valence-electron chi connectivity index (χ0n) is 9.74. The highest BCUT2D eigenvalue weighted by atomic mass is 127. The van der Waals surface area contributed by atoms with Gasteiger partial charge < -0.3 is 10.6 Å². The third-order valence-corrected chi connectivity index (χ3v) is 3.34. The average molecular weight is 358 g/mol. The first-order valence-corrected chi connectivity index (χ1v) is 6.55. The molecule has 2 aromatic rings. The van der Waals surface area contributed by atoms with Crippen molar-refractivity contribution in [3.8, 4) is 0 Å². The smallest absolute Gasteiger partial charge is 0.138 e. The highest BCUT2D eigenvalue weighted by Crippen LogP contribution is 2.24. The number of halogens is 2. The van der Waals surface area contributed by atoms with Gasteiger partial charge in [-0.2, -0.15) is 0 Å². The number of hydrogen-bond acceptors (Lipinski definition) is 4. The predicted octanol–water partition coefficient (Wildman–Crippen LogP) is 3.40. The zero-order valence-corrected chi connectivity index (χ0v) is 11.9. The van der Waals surface area contributed by atoms with Crippen molar-refractivity contribution in [2.45, 2.75) is 6.92 Å². The van der Waals surface area contributed by atoms with E-state index in [1.165, 1.54) is 12.4 Å². The summed E-state index contributed by atoms with van der Waals surface area (Å²) in [6, 6.07) is 6.67. The van der Waals surface area contributed by atoms with E-state index in [2.05, 4.69) is 20.6 Å². The first-order valence-electron chi connectivity index (χ1n) is 5.47. The van der Waals surface area contributed by atoms with E-state index in [9.17, 15) is 4.39 Å². The molecular weight excluding hydrogens is 346 g/mol. The van der Waals surface area contributed by atoms with Crippen LogP contribution in [0.3, 0.4) is 0 Å². The molecule has 0 saturated heterocycles. The number of benzene rings is 1. The second-order valence-corrected chi connectivity index (χ2v) is 4.62. The normalized spacial score (nSPS) is 10.2. The van der Waals surface area contributed by atoms with E-state index in [-0.39, 0.29) is 5.82 Å². The van der Waals surface area contributed by atoms with E-state index in [1.54, 1.807) is 18.2 Å². The Kier molecular flexibility index (Phi) is 4.29. The summed E-state index contributed by atoms with van der Waals surface area (Å²) >= 11 is 1.96. The molecular formula is C12H12FIN4. The monoisotopic (exact) mass is 358 g/mol. The summed E-state index contributed by atoms with van der Waals surface area (Å²) in [6.45, 7) is 2.78.